The van der Waals surface area contributed by atoms with Crippen LogP contribution >= 0.6 is 0 Å². The molecule has 0 spiro atoms. The number of benzene rings is 1. The van der Waals surface area contributed by atoms with E-state index in [0.717, 1.165) is 58.3 Å². The van der Waals surface area contributed by atoms with Crippen LogP contribution < -0.4 is 5.73 Å². The largest absolute Gasteiger partial charge is 0.382 e. The van der Waals surface area contributed by atoms with Gasteiger partial charge in [0.2, 0.25) is 0 Å². The number of anilines is 1. The van der Waals surface area contributed by atoms with Gasteiger partial charge in [-0.15, -0.1) is 0 Å². The molecule has 0 saturated carbocycles. The van der Waals surface area contributed by atoms with Gasteiger partial charge in [-0.05, 0) is 24.6 Å². The third-order valence-corrected chi connectivity index (χ3v) is 4.08. The summed E-state index contributed by atoms with van der Waals surface area (Å²) in [5.41, 5.74) is 10.7. The molecular weight excluding hydrogens is 288 g/mol. The number of imidazole rings is 1. The lowest BCUT2D eigenvalue weighted by Gasteiger charge is -2.03. The number of pyridine rings is 1. The first-order valence-electron chi connectivity index (χ1n) is 7.84. The molecule has 0 aliphatic heterocycles. The van der Waals surface area contributed by atoms with Crippen molar-refractivity contribution in [2.24, 2.45) is 0 Å². The van der Waals surface area contributed by atoms with Crippen molar-refractivity contribution in [1.82, 2.24) is 25.1 Å². The second-order valence-corrected chi connectivity index (χ2v) is 5.71. The smallest absolute Gasteiger partial charge is 0.150 e. The van der Waals surface area contributed by atoms with Gasteiger partial charge in [0.25, 0.3) is 0 Å². The Bertz CT molecular complexity index is 968. The summed E-state index contributed by atoms with van der Waals surface area (Å²) in [4.78, 5) is 12.6. The van der Waals surface area contributed by atoms with Crippen molar-refractivity contribution in [1.29, 1.82) is 0 Å². The maximum absolute atomic E-state index is 6.13. The minimum atomic E-state index is 0.490. The number of nitrogens with two attached hydrogens (primary N) is 1. The first kappa shape index (κ1) is 13.8. The topological polar surface area (TPSA) is 96.3 Å². The first-order chi connectivity index (χ1) is 11.3. The van der Waals surface area contributed by atoms with Crippen molar-refractivity contribution >= 4 is 27.8 Å². The molecule has 4 N–H and O–H groups in total. The number of nitrogens with one attached hydrogen (secondary N) is 2. The van der Waals surface area contributed by atoms with Gasteiger partial charge in [0.15, 0.2) is 0 Å². The van der Waals surface area contributed by atoms with Gasteiger partial charge < -0.3 is 10.7 Å². The van der Waals surface area contributed by atoms with Crippen LogP contribution in [0, 0.1) is 0 Å². The lowest BCUT2D eigenvalue weighted by atomic mass is 10.1. The summed E-state index contributed by atoms with van der Waals surface area (Å²) in [6.45, 7) is 2.17. The standard InChI is InChI=1S/C17H18N6/c1-2-3-4-14-21-15-11-6-5-10(12-7-8-19-23-12)9-13(11)20-17(18)16(15)22-14/h5-9H,2-4H2,1H3,(H2,18,20)(H,19,23)(H,21,22). The Morgan fingerprint density at radius 3 is 2.87 bits per heavy atom. The second kappa shape index (κ2) is 5.39. The van der Waals surface area contributed by atoms with Crippen LogP contribution in [0.2, 0.25) is 0 Å². The van der Waals surface area contributed by atoms with E-state index in [0.29, 0.717) is 5.82 Å². The predicted octanol–water partition coefficient (Wildman–Crippen LogP) is 3.43. The summed E-state index contributed by atoms with van der Waals surface area (Å²) in [7, 11) is 0. The molecule has 0 radical (unpaired) electrons. The summed E-state index contributed by atoms with van der Waals surface area (Å²) >= 11 is 0. The van der Waals surface area contributed by atoms with Crippen molar-refractivity contribution < 1.29 is 0 Å². The zero-order chi connectivity index (χ0) is 15.8. The number of rotatable bonds is 4. The summed E-state index contributed by atoms with van der Waals surface area (Å²) < 4.78 is 0. The van der Waals surface area contributed by atoms with E-state index in [1.165, 1.54) is 0 Å². The van der Waals surface area contributed by atoms with Gasteiger partial charge in [0, 0.05) is 23.6 Å². The molecule has 4 rings (SSSR count). The lowest BCUT2D eigenvalue weighted by molar-refractivity contribution is 0.765. The van der Waals surface area contributed by atoms with Crippen molar-refractivity contribution in [3.63, 3.8) is 0 Å². The number of hydrogen-bond acceptors (Lipinski definition) is 4. The maximum atomic E-state index is 6.13. The van der Waals surface area contributed by atoms with Crippen molar-refractivity contribution in [3.05, 3.63) is 36.3 Å². The van der Waals surface area contributed by atoms with Crippen molar-refractivity contribution in [3.8, 4) is 11.3 Å². The average molecular weight is 306 g/mol. The first-order valence-corrected chi connectivity index (χ1v) is 7.84. The lowest BCUT2D eigenvalue weighted by Crippen LogP contribution is -1.93. The predicted molar refractivity (Wildman–Crippen MR) is 92.0 cm³/mol. The van der Waals surface area contributed by atoms with Crippen LogP contribution in [0.5, 0.6) is 0 Å². The Balaban J connectivity index is 1.89. The molecule has 0 aliphatic rings. The number of nitrogens with zero attached hydrogens (tertiary/aromatic N) is 3. The molecule has 4 aromatic rings. The SMILES string of the molecule is CCCCc1nc2c([nH]1)c(N)nc1cc(-c3ccn[nH]3)ccc12. The highest BCUT2D eigenvalue weighted by atomic mass is 15.1. The molecule has 6 nitrogen and oxygen atoms in total. The molecule has 23 heavy (non-hydrogen) atoms. The Hall–Kier alpha value is -2.89. The summed E-state index contributed by atoms with van der Waals surface area (Å²) in [5.74, 6) is 1.46. The van der Waals surface area contributed by atoms with E-state index in [9.17, 15) is 0 Å². The van der Waals surface area contributed by atoms with Crippen LogP contribution in [0.15, 0.2) is 30.5 Å². The van der Waals surface area contributed by atoms with E-state index in [1.807, 2.05) is 24.3 Å². The van der Waals surface area contributed by atoms with E-state index >= 15 is 0 Å². The Labute approximate surface area is 133 Å². The van der Waals surface area contributed by atoms with Crippen LogP contribution in [-0.4, -0.2) is 25.1 Å². The molecule has 116 valence electrons. The molecule has 1 aromatic carbocycles. The molecule has 6 heteroatoms. The van der Waals surface area contributed by atoms with Gasteiger partial charge >= 0.3 is 0 Å². The normalized spacial score (nSPS) is 11.5. The number of hydrogen-bond donors (Lipinski definition) is 3. The van der Waals surface area contributed by atoms with Gasteiger partial charge in [0.05, 0.1) is 11.2 Å². The van der Waals surface area contributed by atoms with E-state index in [4.69, 9.17) is 10.7 Å². The summed E-state index contributed by atoms with van der Waals surface area (Å²) in [6.07, 6.45) is 4.91. The molecule has 0 fully saturated rings. The molecule has 0 saturated heterocycles. The molecule has 0 aliphatic carbocycles. The fourth-order valence-corrected chi connectivity index (χ4v) is 2.86. The molecule has 0 unspecified atom stereocenters. The third-order valence-electron chi connectivity index (χ3n) is 4.08. The summed E-state index contributed by atoms with van der Waals surface area (Å²) in [6, 6.07) is 8.04. The van der Waals surface area contributed by atoms with Crippen LogP contribution in [0.3, 0.4) is 0 Å². The average Bonchev–Trinajstić information content (AvgIpc) is 3.22. The van der Waals surface area contributed by atoms with Gasteiger partial charge in [-0.1, -0.05) is 19.4 Å². The monoisotopic (exact) mass is 306 g/mol. The number of fused-ring (bicyclic) bond motifs is 3. The zero-order valence-electron chi connectivity index (χ0n) is 12.9. The minimum absolute atomic E-state index is 0.490. The fourth-order valence-electron chi connectivity index (χ4n) is 2.86. The van der Waals surface area contributed by atoms with E-state index in [-0.39, 0.29) is 0 Å². The Kier molecular flexibility index (Phi) is 3.22. The van der Waals surface area contributed by atoms with Gasteiger partial charge in [-0.2, -0.15) is 5.10 Å². The fraction of sp³-hybridized carbons (Fsp3) is 0.235. The Morgan fingerprint density at radius 1 is 1.17 bits per heavy atom. The highest BCUT2D eigenvalue weighted by Crippen LogP contribution is 2.29. The number of aromatic nitrogens is 5. The minimum Gasteiger partial charge on any atom is -0.382 e. The zero-order valence-corrected chi connectivity index (χ0v) is 12.9. The Morgan fingerprint density at radius 2 is 2.09 bits per heavy atom. The quantitative estimate of drug-likeness (QED) is 0.538. The molecule has 0 amide bonds. The van der Waals surface area contributed by atoms with Crippen molar-refractivity contribution in [2.45, 2.75) is 26.2 Å². The third kappa shape index (κ3) is 2.32. The summed E-state index contributed by atoms with van der Waals surface area (Å²) in [5, 5.41) is 7.97. The van der Waals surface area contributed by atoms with E-state index in [1.54, 1.807) is 6.20 Å². The van der Waals surface area contributed by atoms with Crippen LogP contribution in [0.4, 0.5) is 5.82 Å². The van der Waals surface area contributed by atoms with Crippen LogP contribution in [-0.2, 0) is 6.42 Å². The van der Waals surface area contributed by atoms with Crippen LogP contribution in [0.1, 0.15) is 25.6 Å². The molecule has 3 heterocycles. The molecule has 0 bridgehead atoms. The molecular formula is C17H18N6. The highest BCUT2D eigenvalue weighted by Gasteiger charge is 2.12. The second-order valence-electron chi connectivity index (χ2n) is 5.71. The maximum Gasteiger partial charge on any atom is 0.150 e. The van der Waals surface area contributed by atoms with Crippen molar-refractivity contribution in [2.75, 3.05) is 5.73 Å². The highest BCUT2D eigenvalue weighted by molar-refractivity contribution is 6.06. The molecule has 3 aromatic heterocycles. The van der Waals surface area contributed by atoms with Gasteiger partial charge in [0.1, 0.15) is 22.7 Å². The number of nitrogen functional groups attached to an aromatic ring is 1. The van der Waals surface area contributed by atoms with E-state index in [2.05, 4.69) is 27.1 Å². The van der Waals surface area contributed by atoms with Crippen LogP contribution in [0.25, 0.3) is 33.2 Å². The number of aryl methyl sites for hydroxylation is 1. The molecule has 0 atom stereocenters. The van der Waals surface area contributed by atoms with E-state index < -0.39 is 0 Å². The number of unbranched alkanes of at least 4 members (excludes halogenated alkanes) is 1. The van der Waals surface area contributed by atoms with Gasteiger partial charge in [-0.3, -0.25) is 5.10 Å². The number of aromatic amines is 2. The number of H-pyrrole nitrogens is 2. The van der Waals surface area contributed by atoms with Gasteiger partial charge in [-0.25, -0.2) is 9.97 Å².